The molecule has 10 nitrogen and oxygen atoms in total. The number of nitrogens with one attached hydrogen (secondary N) is 2. The average Bonchev–Trinajstić information content (AvgIpc) is 3.31. The first-order chi connectivity index (χ1) is 16.0. The molecular formula is C22H20ClN7O3. The number of nitrogens with zero attached hydrogens (tertiary/aromatic N) is 5. The van der Waals surface area contributed by atoms with Crippen LogP contribution in [0.5, 0.6) is 5.88 Å². The van der Waals surface area contributed by atoms with Crippen LogP contribution in [-0.4, -0.2) is 49.3 Å². The number of anilines is 1. The Morgan fingerprint density at radius 3 is 2.73 bits per heavy atom. The first-order valence-electron chi connectivity index (χ1n) is 10.3. The van der Waals surface area contributed by atoms with E-state index in [1.54, 1.807) is 30.6 Å². The van der Waals surface area contributed by atoms with E-state index < -0.39 is 5.91 Å². The van der Waals surface area contributed by atoms with Gasteiger partial charge in [-0.25, -0.2) is 14.2 Å². The largest absolute Gasteiger partial charge is 0.480 e. The van der Waals surface area contributed by atoms with E-state index in [4.69, 9.17) is 16.3 Å². The molecular weight excluding hydrogens is 446 g/mol. The minimum absolute atomic E-state index is 0.140. The van der Waals surface area contributed by atoms with Gasteiger partial charge < -0.3 is 15.4 Å². The zero-order valence-corrected chi connectivity index (χ0v) is 18.6. The molecule has 168 valence electrons. The first-order valence-corrected chi connectivity index (χ1v) is 10.7. The molecule has 5 rings (SSSR count). The lowest BCUT2D eigenvalue weighted by atomic mass is 10.1. The monoisotopic (exact) mass is 465 g/mol. The number of ether oxygens (including phenoxy) is 1. The summed E-state index contributed by atoms with van der Waals surface area (Å²) >= 11 is 6.29. The fraction of sp³-hybridized carbons (Fsp3) is 0.227. The van der Waals surface area contributed by atoms with Gasteiger partial charge in [-0.3, -0.25) is 9.59 Å². The molecule has 0 atom stereocenters. The van der Waals surface area contributed by atoms with Crippen LogP contribution in [0.2, 0.25) is 5.02 Å². The summed E-state index contributed by atoms with van der Waals surface area (Å²) in [7, 11) is 1.45. The molecule has 0 radical (unpaired) electrons. The zero-order valence-electron chi connectivity index (χ0n) is 17.9. The van der Waals surface area contributed by atoms with Crippen molar-refractivity contribution in [3.63, 3.8) is 0 Å². The van der Waals surface area contributed by atoms with Crippen LogP contribution < -0.4 is 15.4 Å². The third-order valence-electron chi connectivity index (χ3n) is 5.31. The standard InChI is InChI=1S/C22H20ClN7O3/c1-12-10-14-7-9-25-29(14)19(22(32)26-13-5-6-13)18(12)27-21(31)16-11-17(33-2)28-30(16)20-15(23)4-3-8-24-20/h3-4,7-11,13H,5-6H2,1-2H3,(H,26,32)(H,27,31). The number of methoxy groups -OCH3 is 1. The Bertz CT molecular complexity index is 1390. The van der Waals surface area contributed by atoms with Crippen molar-refractivity contribution in [2.24, 2.45) is 0 Å². The highest BCUT2D eigenvalue weighted by Gasteiger charge is 2.29. The number of fused-ring (bicyclic) bond motifs is 1. The molecule has 0 bridgehead atoms. The topological polar surface area (TPSA) is 115 Å². The molecule has 4 heterocycles. The van der Waals surface area contributed by atoms with Gasteiger partial charge in [0.05, 0.1) is 29.5 Å². The molecule has 0 unspecified atom stereocenters. The highest BCUT2D eigenvalue weighted by molar-refractivity contribution is 6.32. The Morgan fingerprint density at radius 2 is 2.00 bits per heavy atom. The van der Waals surface area contributed by atoms with Crippen LogP contribution in [0.25, 0.3) is 11.3 Å². The van der Waals surface area contributed by atoms with Crippen molar-refractivity contribution in [3.8, 4) is 11.7 Å². The minimum atomic E-state index is -0.511. The van der Waals surface area contributed by atoms with Crippen molar-refractivity contribution in [2.45, 2.75) is 25.8 Å². The van der Waals surface area contributed by atoms with Gasteiger partial charge in [0, 0.05) is 18.3 Å². The van der Waals surface area contributed by atoms with Crippen molar-refractivity contribution in [3.05, 3.63) is 64.7 Å². The van der Waals surface area contributed by atoms with Gasteiger partial charge in [-0.05, 0) is 49.6 Å². The second-order valence-corrected chi connectivity index (χ2v) is 8.12. The Balaban J connectivity index is 1.58. The molecule has 0 saturated heterocycles. The number of halogens is 1. The molecule has 4 aromatic heterocycles. The molecule has 1 fully saturated rings. The maximum Gasteiger partial charge on any atom is 0.274 e. The van der Waals surface area contributed by atoms with Gasteiger partial charge in [0.25, 0.3) is 11.8 Å². The summed E-state index contributed by atoms with van der Waals surface area (Å²) in [4.78, 5) is 30.8. The van der Waals surface area contributed by atoms with Crippen LogP contribution in [0.1, 0.15) is 39.4 Å². The summed E-state index contributed by atoms with van der Waals surface area (Å²) in [5.41, 5.74) is 2.21. The van der Waals surface area contributed by atoms with E-state index in [-0.39, 0.29) is 35.0 Å². The summed E-state index contributed by atoms with van der Waals surface area (Å²) in [6, 6.07) is 8.60. The summed E-state index contributed by atoms with van der Waals surface area (Å²) in [6.45, 7) is 1.82. The summed E-state index contributed by atoms with van der Waals surface area (Å²) < 4.78 is 8.05. The van der Waals surface area contributed by atoms with E-state index in [1.807, 2.05) is 13.0 Å². The Hall–Kier alpha value is -3.92. The van der Waals surface area contributed by atoms with Gasteiger partial charge in [0.2, 0.25) is 5.88 Å². The fourth-order valence-electron chi connectivity index (χ4n) is 3.54. The number of rotatable bonds is 6. The lowest BCUT2D eigenvalue weighted by molar-refractivity contribution is 0.0944. The highest BCUT2D eigenvalue weighted by atomic mass is 35.5. The number of carbonyl (C=O) groups is 2. The van der Waals surface area contributed by atoms with E-state index in [0.29, 0.717) is 16.3 Å². The SMILES string of the molecule is COc1cc(C(=O)Nc2c(C)cc3ccnn3c2C(=O)NC2CC2)n(-c2ncccc2Cl)n1. The summed E-state index contributed by atoms with van der Waals surface area (Å²) in [5, 5.41) is 14.7. The smallest absolute Gasteiger partial charge is 0.274 e. The number of hydrogen-bond acceptors (Lipinski definition) is 6. The van der Waals surface area contributed by atoms with Crippen LogP contribution in [0.4, 0.5) is 5.69 Å². The lowest BCUT2D eigenvalue weighted by Crippen LogP contribution is -2.30. The zero-order chi connectivity index (χ0) is 23.1. The summed E-state index contributed by atoms with van der Waals surface area (Å²) in [5.74, 6) is -0.321. The number of aromatic nitrogens is 5. The Labute approximate surface area is 193 Å². The predicted octanol–water partition coefficient (Wildman–Crippen LogP) is 3.03. The molecule has 33 heavy (non-hydrogen) atoms. The fourth-order valence-corrected chi connectivity index (χ4v) is 3.74. The first kappa shape index (κ1) is 21.0. The highest BCUT2D eigenvalue weighted by Crippen LogP contribution is 2.28. The number of amides is 2. The number of hydrogen-bond donors (Lipinski definition) is 2. The van der Waals surface area contributed by atoms with Gasteiger partial charge in [-0.15, -0.1) is 5.10 Å². The van der Waals surface area contributed by atoms with Crippen molar-refractivity contribution < 1.29 is 14.3 Å². The van der Waals surface area contributed by atoms with Crippen molar-refractivity contribution in [1.82, 2.24) is 29.7 Å². The van der Waals surface area contributed by atoms with E-state index in [0.717, 1.165) is 18.4 Å². The normalized spacial score (nSPS) is 13.2. The molecule has 1 aliphatic rings. The second-order valence-electron chi connectivity index (χ2n) is 7.71. The third-order valence-corrected chi connectivity index (χ3v) is 5.61. The van der Waals surface area contributed by atoms with E-state index in [1.165, 1.54) is 22.4 Å². The van der Waals surface area contributed by atoms with Crippen molar-refractivity contribution in [1.29, 1.82) is 0 Å². The molecule has 2 amide bonds. The van der Waals surface area contributed by atoms with Crippen LogP contribution in [-0.2, 0) is 0 Å². The Morgan fingerprint density at radius 1 is 1.18 bits per heavy atom. The molecule has 4 aromatic rings. The Kier molecular flexibility index (Phi) is 5.21. The minimum Gasteiger partial charge on any atom is -0.480 e. The number of pyridine rings is 2. The van der Waals surface area contributed by atoms with Gasteiger partial charge in [0.1, 0.15) is 5.69 Å². The molecule has 11 heteroatoms. The van der Waals surface area contributed by atoms with Gasteiger partial charge in [-0.1, -0.05) is 11.6 Å². The molecule has 0 spiro atoms. The number of aryl methyl sites for hydroxylation is 1. The molecule has 0 aliphatic heterocycles. The predicted molar refractivity (Wildman–Crippen MR) is 121 cm³/mol. The number of carbonyl (C=O) groups excluding carboxylic acids is 2. The second kappa shape index (κ2) is 8.21. The molecule has 1 saturated carbocycles. The van der Waals surface area contributed by atoms with E-state index in [2.05, 4.69) is 25.8 Å². The van der Waals surface area contributed by atoms with Crippen molar-refractivity contribution in [2.75, 3.05) is 12.4 Å². The van der Waals surface area contributed by atoms with E-state index in [9.17, 15) is 9.59 Å². The molecule has 0 aromatic carbocycles. The lowest BCUT2D eigenvalue weighted by Gasteiger charge is -2.16. The van der Waals surface area contributed by atoms with Crippen molar-refractivity contribution >= 4 is 34.6 Å². The molecule has 1 aliphatic carbocycles. The summed E-state index contributed by atoms with van der Waals surface area (Å²) in [6.07, 6.45) is 5.03. The maximum absolute atomic E-state index is 13.4. The van der Waals surface area contributed by atoms with E-state index >= 15 is 0 Å². The quantitative estimate of drug-likeness (QED) is 0.452. The van der Waals surface area contributed by atoms with Crippen LogP contribution in [0.3, 0.4) is 0 Å². The van der Waals surface area contributed by atoms with Gasteiger partial charge >= 0.3 is 0 Å². The van der Waals surface area contributed by atoms with Crippen LogP contribution >= 0.6 is 11.6 Å². The van der Waals surface area contributed by atoms with Crippen LogP contribution in [0.15, 0.2) is 42.7 Å². The maximum atomic E-state index is 13.4. The van der Waals surface area contributed by atoms with Crippen LogP contribution in [0, 0.1) is 6.92 Å². The van der Waals surface area contributed by atoms with Gasteiger partial charge in [-0.2, -0.15) is 5.10 Å². The third kappa shape index (κ3) is 3.89. The van der Waals surface area contributed by atoms with Gasteiger partial charge in [0.15, 0.2) is 11.5 Å². The average molecular weight is 466 g/mol. The molecule has 2 N–H and O–H groups in total.